The molecule has 1 aromatic heterocycles. The molecule has 1 heterocycles. The lowest BCUT2D eigenvalue weighted by atomic mass is 10.3. The van der Waals surface area contributed by atoms with E-state index in [1.165, 1.54) is 17.5 Å². The van der Waals surface area contributed by atoms with Crippen LogP contribution in [0.3, 0.4) is 0 Å². The molecule has 0 fully saturated rings. The smallest absolute Gasteiger partial charge is 0.355 e. The number of aromatic nitrogens is 1. The van der Waals surface area contributed by atoms with Gasteiger partial charge in [0.2, 0.25) is 0 Å². The number of rotatable bonds is 3. The number of anilines is 2. The largest absolute Gasteiger partial charge is 0.476 e. The molecule has 2 N–H and O–H groups in total. The highest BCUT2D eigenvalue weighted by molar-refractivity contribution is 7.14. The van der Waals surface area contributed by atoms with Gasteiger partial charge >= 0.3 is 5.97 Å². The van der Waals surface area contributed by atoms with Crippen LogP contribution in [-0.4, -0.2) is 16.1 Å². The summed E-state index contributed by atoms with van der Waals surface area (Å²) in [6, 6.07) is 4.50. The Morgan fingerprint density at radius 2 is 2.29 bits per heavy atom. The number of benzene rings is 1. The molecule has 0 radical (unpaired) electrons. The van der Waals surface area contributed by atoms with Crippen molar-refractivity contribution in [2.45, 2.75) is 0 Å². The zero-order valence-corrected chi connectivity index (χ0v) is 9.85. The van der Waals surface area contributed by atoms with Gasteiger partial charge in [0.1, 0.15) is 0 Å². The van der Waals surface area contributed by atoms with Crippen molar-refractivity contribution in [1.82, 2.24) is 4.98 Å². The Morgan fingerprint density at radius 1 is 1.53 bits per heavy atom. The van der Waals surface area contributed by atoms with Crippen LogP contribution in [-0.2, 0) is 0 Å². The third-order valence-electron chi connectivity index (χ3n) is 1.92. The summed E-state index contributed by atoms with van der Waals surface area (Å²) in [6.45, 7) is 0. The van der Waals surface area contributed by atoms with Crippen LogP contribution in [0.1, 0.15) is 10.5 Å². The Balaban J connectivity index is 2.25. The molecule has 0 aliphatic carbocycles. The number of hydrogen-bond donors (Lipinski definition) is 2. The number of halogens is 2. The molecule has 0 aliphatic heterocycles. The summed E-state index contributed by atoms with van der Waals surface area (Å²) in [4.78, 5) is 14.4. The van der Waals surface area contributed by atoms with Crippen molar-refractivity contribution >= 4 is 39.7 Å². The maximum absolute atomic E-state index is 13.5. The first-order chi connectivity index (χ1) is 8.08. The van der Waals surface area contributed by atoms with Gasteiger partial charge in [-0.05, 0) is 12.1 Å². The van der Waals surface area contributed by atoms with E-state index in [2.05, 4.69) is 10.3 Å². The van der Waals surface area contributed by atoms with Crippen LogP contribution >= 0.6 is 22.9 Å². The normalized spacial score (nSPS) is 10.2. The number of hydrogen-bond acceptors (Lipinski definition) is 4. The Labute approximate surface area is 105 Å². The average Bonchev–Trinajstić information content (AvgIpc) is 2.73. The minimum Gasteiger partial charge on any atom is -0.476 e. The highest BCUT2D eigenvalue weighted by atomic mass is 35.5. The Hall–Kier alpha value is -1.66. The second-order valence-electron chi connectivity index (χ2n) is 3.07. The van der Waals surface area contributed by atoms with Crippen LogP contribution in [0.4, 0.5) is 15.2 Å². The lowest BCUT2D eigenvalue weighted by Gasteiger charge is -2.04. The van der Waals surface area contributed by atoms with E-state index in [-0.39, 0.29) is 16.4 Å². The van der Waals surface area contributed by atoms with Gasteiger partial charge in [-0.25, -0.2) is 14.2 Å². The number of aromatic carboxylic acids is 1. The van der Waals surface area contributed by atoms with E-state index in [0.29, 0.717) is 5.13 Å². The molecule has 0 amide bonds. The molecule has 0 atom stereocenters. The molecule has 1 aromatic carbocycles. The first kappa shape index (κ1) is 11.8. The van der Waals surface area contributed by atoms with Crippen LogP contribution in [0.15, 0.2) is 23.6 Å². The minimum absolute atomic E-state index is 0.00925. The van der Waals surface area contributed by atoms with Crippen LogP contribution in [0.25, 0.3) is 0 Å². The van der Waals surface area contributed by atoms with Crippen LogP contribution in [0.2, 0.25) is 5.02 Å². The first-order valence-corrected chi connectivity index (χ1v) is 5.73. The summed E-state index contributed by atoms with van der Waals surface area (Å²) in [5.41, 5.74) is 0.0729. The lowest BCUT2D eigenvalue weighted by Crippen LogP contribution is -1.98. The van der Waals surface area contributed by atoms with Gasteiger partial charge in [-0.3, -0.25) is 0 Å². The molecule has 0 saturated heterocycles. The molecule has 0 unspecified atom stereocenters. The van der Waals surface area contributed by atoms with Crippen LogP contribution in [0, 0.1) is 5.82 Å². The number of thiazole rings is 1. The molecule has 0 aliphatic rings. The standard InChI is InChI=1S/C10H6ClFN2O2S/c11-5-2-1-3-6(8(5)12)13-10-14-7(4-17-10)9(15)16/h1-4H,(H,13,14)(H,15,16). The van der Waals surface area contributed by atoms with E-state index in [1.807, 2.05) is 0 Å². The van der Waals surface area contributed by atoms with Crippen molar-refractivity contribution in [3.8, 4) is 0 Å². The van der Waals surface area contributed by atoms with Gasteiger partial charge in [0.25, 0.3) is 0 Å². The first-order valence-electron chi connectivity index (χ1n) is 4.48. The van der Waals surface area contributed by atoms with E-state index in [9.17, 15) is 9.18 Å². The molecule has 0 spiro atoms. The van der Waals surface area contributed by atoms with E-state index >= 15 is 0 Å². The van der Waals surface area contributed by atoms with Gasteiger partial charge in [-0.1, -0.05) is 17.7 Å². The van der Waals surface area contributed by atoms with Gasteiger partial charge < -0.3 is 10.4 Å². The maximum Gasteiger partial charge on any atom is 0.355 e. The highest BCUT2D eigenvalue weighted by Gasteiger charge is 2.11. The summed E-state index contributed by atoms with van der Waals surface area (Å²) < 4.78 is 13.5. The SMILES string of the molecule is O=C(O)c1csc(Nc2cccc(Cl)c2F)n1. The fourth-order valence-corrected chi connectivity index (χ4v) is 2.02. The van der Waals surface area contributed by atoms with Crippen molar-refractivity contribution in [3.63, 3.8) is 0 Å². The molecule has 0 bridgehead atoms. The predicted molar refractivity (Wildman–Crippen MR) is 63.8 cm³/mol. The molecule has 7 heteroatoms. The fourth-order valence-electron chi connectivity index (χ4n) is 1.14. The van der Waals surface area contributed by atoms with Crippen LogP contribution < -0.4 is 5.32 Å². The van der Waals surface area contributed by atoms with Crippen molar-refractivity contribution in [3.05, 3.63) is 40.1 Å². The zero-order chi connectivity index (χ0) is 12.4. The summed E-state index contributed by atoms with van der Waals surface area (Å²) in [5.74, 6) is -1.72. The highest BCUT2D eigenvalue weighted by Crippen LogP contribution is 2.26. The van der Waals surface area contributed by atoms with E-state index in [1.54, 1.807) is 6.07 Å². The topological polar surface area (TPSA) is 62.2 Å². The van der Waals surface area contributed by atoms with Gasteiger partial charge in [0.05, 0.1) is 10.7 Å². The number of carboxylic acid groups (broad SMARTS) is 1. The summed E-state index contributed by atoms with van der Waals surface area (Å²) in [6.07, 6.45) is 0. The van der Waals surface area contributed by atoms with Crippen LogP contribution in [0.5, 0.6) is 0 Å². The van der Waals surface area contributed by atoms with E-state index < -0.39 is 11.8 Å². The second kappa shape index (κ2) is 4.68. The van der Waals surface area contributed by atoms with E-state index in [4.69, 9.17) is 16.7 Å². The van der Waals surface area contributed by atoms with Crippen molar-refractivity contribution < 1.29 is 14.3 Å². The van der Waals surface area contributed by atoms with Gasteiger partial charge in [-0.2, -0.15) is 0 Å². The molecular formula is C10H6ClFN2O2S. The minimum atomic E-state index is -1.12. The number of nitrogens with one attached hydrogen (secondary N) is 1. The quantitative estimate of drug-likeness (QED) is 0.899. The lowest BCUT2D eigenvalue weighted by molar-refractivity contribution is 0.0691. The number of carboxylic acids is 1. The molecule has 0 saturated carbocycles. The molecule has 2 rings (SSSR count). The molecule has 2 aromatic rings. The third kappa shape index (κ3) is 2.54. The average molecular weight is 273 g/mol. The zero-order valence-electron chi connectivity index (χ0n) is 8.28. The maximum atomic E-state index is 13.5. The molecule has 4 nitrogen and oxygen atoms in total. The summed E-state index contributed by atoms with van der Waals surface area (Å²) in [5, 5.41) is 13.0. The van der Waals surface area contributed by atoms with Crippen molar-refractivity contribution in [2.75, 3.05) is 5.32 Å². The van der Waals surface area contributed by atoms with E-state index in [0.717, 1.165) is 11.3 Å². The monoisotopic (exact) mass is 272 g/mol. The van der Waals surface area contributed by atoms with Gasteiger partial charge in [0, 0.05) is 5.38 Å². The second-order valence-corrected chi connectivity index (χ2v) is 4.33. The molecule has 88 valence electrons. The predicted octanol–water partition coefficient (Wildman–Crippen LogP) is 3.38. The van der Waals surface area contributed by atoms with Crippen molar-refractivity contribution in [1.29, 1.82) is 0 Å². The molecule has 17 heavy (non-hydrogen) atoms. The van der Waals surface area contributed by atoms with Crippen molar-refractivity contribution in [2.24, 2.45) is 0 Å². The fraction of sp³-hybridized carbons (Fsp3) is 0. The Kier molecular flexibility index (Phi) is 3.26. The van der Waals surface area contributed by atoms with Gasteiger partial charge in [-0.15, -0.1) is 11.3 Å². The Bertz CT molecular complexity index is 573. The summed E-state index contributed by atoms with van der Waals surface area (Å²) >= 11 is 6.68. The summed E-state index contributed by atoms with van der Waals surface area (Å²) in [7, 11) is 0. The third-order valence-corrected chi connectivity index (χ3v) is 2.97. The number of nitrogens with zero attached hydrogens (tertiary/aromatic N) is 1. The molecular weight excluding hydrogens is 267 g/mol. The van der Waals surface area contributed by atoms with Gasteiger partial charge in [0.15, 0.2) is 16.6 Å². The Morgan fingerprint density at radius 3 is 2.94 bits per heavy atom. The number of carbonyl (C=O) groups is 1.